The van der Waals surface area contributed by atoms with Crippen molar-refractivity contribution in [3.63, 3.8) is 0 Å². The van der Waals surface area contributed by atoms with Gasteiger partial charge in [-0.2, -0.15) is 0 Å². The number of amides is 2. The molecule has 0 heterocycles. The Kier molecular flexibility index (Phi) is 6.74. The number of nitrogens with zero attached hydrogens (tertiary/aromatic N) is 1. The van der Waals surface area contributed by atoms with Crippen LogP contribution < -0.4 is 10.6 Å². The van der Waals surface area contributed by atoms with Crippen LogP contribution in [-0.2, 0) is 14.8 Å². The zero-order valence-corrected chi connectivity index (χ0v) is 17.5. The molecule has 0 atom stereocenters. The predicted molar refractivity (Wildman–Crippen MR) is 107 cm³/mol. The van der Waals surface area contributed by atoms with Gasteiger partial charge in [-0.25, -0.2) is 12.7 Å². The van der Waals surface area contributed by atoms with E-state index >= 15 is 0 Å². The summed E-state index contributed by atoms with van der Waals surface area (Å²) in [6, 6.07) is 11.4. The average Bonchev–Trinajstić information content (AvgIpc) is 2.61. The molecule has 2 rings (SSSR count). The Labute approximate surface area is 166 Å². The van der Waals surface area contributed by atoms with Gasteiger partial charge in [-0.1, -0.05) is 28.1 Å². The number of nitrogens with one attached hydrogen (secondary N) is 2. The van der Waals surface area contributed by atoms with E-state index in [0.29, 0.717) is 16.8 Å². The van der Waals surface area contributed by atoms with E-state index in [9.17, 15) is 18.0 Å². The quantitative estimate of drug-likeness (QED) is 0.701. The van der Waals surface area contributed by atoms with Gasteiger partial charge in [0, 0.05) is 29.8 Å². The molecule has 0 radical (unpaired) electrons. The lowest BCUT2D eigenvalue weighted by molar-refractivity contribution is -0.115. The summed E-state index contributed by atoms with van der Waals surface area (Å²) in [4.78, 5) is 24.3. The van der Waals surface area contributed by atoms with Gasteiger partial charge in [0.25, 0.3) is 5.91 Å². The van der Waals surface area contributed by atoms with Crippen LogP contribution in [0, 0.1) is 6.92 Å². The van der Waals surface area contributed by atoms with E-state index in [0.717, 1.165) is 8.78 Å². The Morgan fingerprint density at radius 2 is 1.81 bits per heavy atom. The molecule has 0 unspecified atom stereocenters. The maximum Gasteiger partial charge on any atom is 0.251 e. The normalized spacial score (nSPS) is 11.3. The van der Waals surface area contributed by atoms with E-state index < -0.39 is 15.9 Å². The Hall–Kier alpha value is -2.23. The summed E-state index contributed by atoms with van der Waals surface area (Å²) in [5, 5.41) is 5.12. The standard InChI is InChI=1S/C18H20BrN3O4S/c1-12-7-8-15(10-16(12)27(25,26)22(2)3)21-17(23)11-20-18(24)13-5-4-6-14(19)9-13/h4-10H,11H2,1-3H3,(H,20,24)(H,21,23). The van der Waals surface area contributed by atoms with E-state index in [2.05, 4.69) is 26.6 Å². The third-order valence-corrected chi connectivity index (χ3v) is 6.18. The maximum atomic E-state index is 12.3. The van der Waals surface area contributed by atoms with Gasteiger partial charge in [-0.05, 0) is 42.8 Å². The molecule has 9 heteroatoms. The van der Waals surface area contributed by atoms with Gasteiger partial charge in [0.2, 0.25) is 15.9 Å². The maximum absolute atomic E-state index is 12.3. The van der Waals surface area contributed by atoms with Crippen molar-refractivity contribution in [1.82, 2.24) is 9.62 Å². The molecule has 2 N–H and O–H groups in total. The predicted octanol–water partition coefficient (Wildman–Crippen LogP) is 2.38. The third kappa shape index (κ3) is 5.38. The van der Waals surface area contributed by atoms with Crippen LogP contribution in [0.25, 0.3) is 0 Å². The molecular weight excluding hydrogens is 434 g/mol. The molecule has 0 spiro atoms. The zero-order valence-electron chi connectivity index (χ0n) is 15.1. The van der Waals surface area contributed by atoms with Crippen molar-refractivity contribution in [2.75, 3.05) is 26.0 Å². The summed E-state index contributed by atoms with van der Waals surface area (Å²) in [5.41, 5.74) is 1.33. The van der Waals surface area contributed by atoms with Crippen molar-refractivity contribution in [3.05, 3.63) is 58.1 Å². The molecule has 0 fully saturated rings. The van der Waals surface area contributed by atoms with Crippen molar-refractivity contribution in [3.8, 4) is 0 Å². The first-order valence-electron chi connectivity index (χ1n) is 7.98. The van der Waals surface area contributed by atoms with Crippen LogP contribution in [0.5, 0.6) is 0 Å². The first-order valence-corrected chi connectivity index (χ1v) is 10.2. The molecule has 0 aliphatic carbocycles. The second kappa shape index (κ2) is 8.64. The lowest BCUT2D eigenvalue weighted by Crippen LogP contribution is -2.33. The summed E-state index contributed by atoms with van der Waals surface area (Å²) >= 11 is 3.28. The highest BCUT2D eigenvalue weighted by Crippen LogP contribution is 2.22. The molecule has 7 nitrogen and oxygen atoms in total. The number of benzene rings is 2. The average molecular weight is 454 g/mol. The summed E-state index contributed by atoms with van der Waals surface area (Å²) in [6.45, 7) is 1.44. The molecule has 2 aromatic rings. The minimum atomic E-state index is -3.62. The van der Waals surface area contributed by atoms with Crippen LogP contribution in [0.4, 0.5) is 5.69 Å². The number of hydrogen-bond acceptors (Lipinski definition) is 4. The van der Waals surface area contributed by atoms with Gasteiger partial charge in [0.05, 0.1) is 11.4 Å². The fraction of sp³-hybridized carbons (Fsp3) is 0.222. The minimum absolute atomic E-state index is 0.114. The molecule has 0 saturated carbocycles. The summed E-state index contributed by atoms with van der Waals surface area (Å²) < 4.78 is 26.6. The summed E-state index contributed by atoms with van der Waals surface area (Å²) in [5.74, 6) is -0.846. The molecule has 27 heavy (non-hydrogen) atoms. The molecule has 2 amide bonds. The van der Waals surface area contributed by atoms with Gasteiger partial charge < -0.3 is 10.6 Å². The largest absolute Gasteiger partial charge is 0.343 e. The van der Waals surface area contributed by atoms with E-state index in [1.54, 1.807) is 43.3 Å². The van der Waals surface area contributed by atoms with Crippen molar-refractivity contribution in [1.29, 1.82) is 0 Å². The summed E-state index contributed by atoms with van der Waals surface area (Å²) in [7, 11) is -0.740. The monoisotopic (exact) mass is 453 g/mol. The highest BCUT2D eigenvalue weighted by molar-refractivity contribution is 9.10. The molecule has 0 aromatic heterocycles. The third-order valence-electron chi connectivity index (χ3n) is 3.73. The van der Waals surface area contributed by atoms with E-state index in [1.807, 2.05) is 0 Å². The number of sulfonamides is 1. The van der Waals surface area contributed by atoms with Crippen LogP contribution in [0.15, 0.2) is 51.8 Å². The Balaban J connectivity index is 2.05. The lowest BCUT2D eigenvalue weighted by atomic mass is 10.2. The van der Waals surface area contributed by atoms with E-state index in [1.165, 1.54) is 20.2 Å². The second-order valence-electron chi connectivity index (χ2n) is 6.01. The van der Waals surface area contributed by atoms with Gasteiger partial charge in [0.1, 0.15) is 0 Å². The van der Waals surface area contributed by atoms with Crippen LogP contribution in [-0.4, -0.2) is 45.2 Å². The number of halogens is 1. The first kappa shape index (κ1) is 21.1. The molecule has 0 saturated heterocycles. The molecule has 2 aromatic carbocycles. The smallest absolute Gasteiger partial charge is 0.251 e. The number of hydrogen-bond donors (Lipinski definition) is 2. The van der Waals surface area contributed by atoms with Crippen LogP contribution in [0.1, 0.15) is 15.9 Å². The lowest BCUT2D eigenvalue weighted by Gasteiger charge is -2.15. The minimum Gasteiger partial charge on any atom is -0.343 e. The molecule has 0 aliphatic rings. The van der Waals surface area contributed by atoms with Crippen molar-refractivity contribution < 1.29 is 18.0 Å². The Morgan fingerprint density at radius 1 is 1.11 bits per heavy atom. The number of rotatable bonds is 6. The first-order chi connectivity index (χ1) is 12.6. The Bertz CT molecular complexity index is 974. The van der Waals surface area contributed by atoms with Crippen molar-refractivity contribution in [2.24, 2.45) is 0 Å². The SMILES string of the molecule is Cc1ccc(NC(=O)CNC(=O)c2cccc(Br)c2)cc1S(=O)(=O)N(C)C. The van der Waals surface area contributed by atoms with Crippen LogP contribution in [0.2, 0.25) is 0 Å². The number of aryl methyl sites for hydroxylation is 1. The van der Waals surface area contributed by atoms with Gasteiger partial charge >= 0.3 is 0 Å². The van der Waals surface area contributed by atoms with Gasteiger partial charge in [-0.15, -0.1) is 0 Å². The number of anilines is 1. The van der Waals surface area contributed by atoms with Gasteiger partial charge in [-0.3, -0.25) is 9.59 Å². The summed E-state index contributed by atoms with van der Waals surface area (Å²) in [6.07, 6.45) is 0. The van der Waals surface area contributed by atoms with Crippen molar-refractivity contribution in [2.45, 2.75) is 11.8 Å². The molecule has 0 bridgehead atoms. The van der Waals surface area contributed by atoms with E-state index in [-0.39, 0.29) is 17.3 Å². The highest BCUT2D eigenvalue weighted by Gasteiger charge is 2.20. The fourth-order valence-electron chi connectivity index (χ4n) is 2.25. The number of carbonyl (C=O) groups excluding carboxylic acids is 2. The fourth-order valence-corrected chi connectivity index (χ4v) is 3.79. The number of carbonyl (C=O) groups is 2. The molecule has 0 aliphatic heterocycles. The topological polar surface area (TPSA) is 95.6 Å². The van der Waals surface area contributed by atoms with E-state index in [4.69, 9.17) is 0 Å². The zero-order chi connectivity index (χ0) is 20.2. The van der Waals surface area contributed by atoms with Gasteiger partial charge in [0.15, 0.2) is 0 Å². The molecular formula is C18H20BrN3O4S. The molecule has 144 valence electrons. The van der Waals surface area contributed by atoms with Crippen molar-refractivity contribution >= 4 is 43.5 Å². The van der Waals surface area contributed by atoms with Crippen LogP contribution in [0.3, 0.4) is 0 Å². The Morgan fingerprint density at radius 3 is 2.44 bits per heavy atom. The second-order valence-corrected chi connectivity index (χ2v) is 9.04. The van der Waals surface area contributed by atoms with Crippen LogP contribution >= 0.6 is 15.9 Å². The highest BCUT2D eigenvalue weighted by atomic mass is 79.9.